The first-order valence-corrected chi connectivity index (χ1v) is 7.79. The Morgan fingerprint density at radius 2 is 2.00 bits per heavy atom. The second-order valence-electron chi connectivity index (χ2n) is 5.49. The number of carbonyl (C=O) groups excluding carboxylic acids is 2. The zero-order chi connectivity index (χ0) is 18.5. The number of urea groups is 2. The molecule has 1 unspecified atom stereocenters. The summed E-state index contributed by atoms with van der Waals surface area (Å²) in [6.07, 6.45) is 4.38. The van der Waals surface area contributed by atoms with E-state index in [2.05, 4.69) is 10.4 Å². The molecule has 1 saturated heterocycles. The van der Waals surface area contributed by atoms with E-state index in [9.17, 15) is 19.5 Å². The molecule has 1 fully saturated rings. The van der Waals surface area contributed by atoms with Crippen molar-refractivity contribution in [3.05, 3.63) is 60.1 Å². The van der Waals surface area contributed by atoms with Gasteiger partial charge in [0.05, 0.1) is 31.8 Å². The molecule has 3 rings (SSSR count). The minimum Gasteiger partial charge on any atom is -0.479 e. The number of hydrogen-bond acceptors (Lipinski definition) is 5. The zero-order valence-corrected chi connectivity index (χ0v) is 13.6. The summed E-state index contributed by atoms with van der Waals surface area (Å²) in [5.41, 5.74) is 1.09. The van der Waals surface area contributed by atoms with Crippen LogP contribution in [0.1, 0.15) is 17.2 Å². The highest BCUT2D eigenvalue weighted by atomic mass is 16.4. The third-order valence-electron chi connectivity index (χ3n) is 3.77. The number of nitrogens with one attached hydrogen (secondary N) is 1. The molecule has 1 aliphatic heterocycles. The molecular weight excluding hydrogens is 340 g/mol. The number of nitrogens with zero attached hydrogens (tertiary/aromatic N) is 3. The first-order valence-electron chi connectivity index (χ1n) is 7.79. The molecule has 4 amide bonds. The number of carbonyl (C=O) groups is 3. The van der Waals surface area contributed by atoms with Crippen LogP contribution in [0.3, 0.4) is 0 Å². The Bertz CT molecular complexity index is 819. The van der Waals surface area contributed by atoms with Crippen molar-refractivity contribution in [1.29, 1.82) is 0 Å². The van der Waals surface area contributed by atoms with Crippen molar-refractivity contribution >= 4 is 24.2 Å². The predicted octanol–water partition coefficient (Wildman–Crippen LogP) is 1.89. The Morgan fingerprint density at radius 3 is 2.65 bits per heavy atom. The summed E-state index contributed by atoms with van der Waals surface area (Å²) in [6.45, 7) is 0.318. The molecule has 0 aliphatic carbocycles. The van der Waals surface area contributed by atoms with Gasteiger partial charge in [-0.2, -0.15) is 5.10 Å². The summed E-state index contributed by atoms with van der Waals surface area (Å²) in [4.78, 5) is 37.1. The summed E-state index contributed by atoms with van der Waals surface area (Å²) in [6, 6.07) is 7.27. The minimum absolute atomic E-state index is 0.106. The van der Waals surface area contributed by atoms with Crippen molar-refractivity contribution in [3.63, 3.8) is 0 Å². The van der Waals surface area contributed by atoms with Crippen LogP contribution in [0.25, 0.3) is 0 Å². The zero-order valence-electron chi connectivity index (χ0n) is 13.6. The summed E-state index contributed by atoms with van der Waals surface area (Å²) < 4.78 is 4.90. The maximum absolute atomic E-state index is 12.4. The number of hydrogen-bond donors (Lipinski definition) is 2. The van der Waals surface area contributed by atoms with E-state index in [1.165, 1.54) is 18.7 Å². The molecule has 2 N–H and O–H groups in total. The van der Waals surface area contributed by atoms with Gasteiger partial charge in [-0.3, -0.25) is 0 Å². The molecule has 9 nitrogen and oxygen atoms in total. The average Bonchev–Trinajstić information content (AvgIpc) is 3.28. The molecule has 1 aromatic heterocycles. The summed E-state index contributed by atoms with van der Waals surface area (Å²) in [5, 5.41) is 16.9. The Kier molecular flexibility index (Phi) is 4.97. The lowest BCUT2D eigenvalue weighted by Gasteiger charge is -2.19. The van der Waals surface area contributed by atoms with E-state index in [0.717, 1.165) is 9.91 Å². The van der Waals surface area contributed by atoms with E-state index in [4.69, 9.17) is 4.42 Å². The molecule has 9 heteroatoms. The normalized spacial score (nSPS) is 15.5. The predicted molar refractivity (Wildman–Crippen MR) is 90.5 cm³/mol. The third-order valence-corrected chi connectivity index (χ3v) is 3.77. The Labute approximate surface area is 148 Å². The van der Waals surface area contributed by atoms with Crippen LogP contribution in [0.5, 0.6) is 0 Å². The van der Waals surface area contributed by atoms with E-state index in [1.807, 2.05) is 0 Å². The van der Waals surface area contributed by atoms with Crippen molar-refractivity contribution < 1.29 is 23.9 Å². The molecule has 1 aromatic carbocycles. The number of hydrazone groups is 1. The number of imide groups is 1. The van der Waals surface area contributed by atoms with Gasteiger partial charge in [-0.25, -0.2) is 24.3 Å². The van der Waals surface area contributed by atoms with Crippen LogP contribution < -0.4 is 5.32 Å². The lowest BCUT2D eigenvalue weighted by molar-refractivity contribution is -0.139. The van der Waals surface area contributed by atoms with Crippen LogP contribution in [-0.2, 0) is 4.79 Å². The van der Waals surface area contributed by atoms with E-state index in [0.29, 0.717) is 11.1 Å². The highest BCUT2D eigenvalue weighted by Crippen LogP contribution is 2.15. The van der Waals surface area contributed by atoms with Gasteiger partial charge < -0.3 is 14.8 Å². The third kappa shape index (κ3) is 3.72. The fourth-order valence-corrected chi connectivity index (χ4v) is 2.44. The van der Waals surface area contributed by atoms with Gasteiger partial charge in [-0.1, -0.05) is 30.3 Å². The van der Waals surface area contributed by atoms with E-state index < -0.39 is 24.1 Å². The summed E-state index contributed by atoms with van der Waals surface area (Å²) >= 11 is 0. The highest BCUT2D eigenvalue weighted by Gasteiger charge is 2.35. The molecule has 26 heavy (non-hydrogen) atoms. The van der Waals surface area contributed by atoms with Gasteiger partial charge >= 0.3 is 18.0 Å². The van der Waals surface area contributed by atoms with Gasteiger partial charge in [0.2, 0.25) is 0 Å². The van der Waals surface area contributed by atoms with E-state index in [-0.39, 0.29) is 13.1 Å². The molecule has 0 saturated carbocycles. The number of benzene rings is 1. The Morgan fingerprint density at radius 1 is 1.23 bits per heavy atom. The molecule has 1 aliphatic rings. The van der Waals surface area contributed by atoms with Crippen molar-refractivity contribution in [3.8, 4) is 0 Å². The topological polar surface area (TPSA) is 115 Å². The number of carboxylic acids is 1. The van der Waals surface area contributed by atoms with E-state index >= 15 is 0 Å². The molecule has 0 radical (unpaired) electrons. The van der Waals surface area contributed by atoms with Crippen LogP contribution in [0.15, 0.2) is 58.4 Å². The number of amides is 4. The quantitative estimate of drug-likeness (QED) is 0.794. The average molecular weight is 356 g/mol. The SMILES string of the molecule is O=C(O)C(NC(=O)N1CCN(N=Cc2ccoc2)C1=O)c1ccccc1. The molecule has 0 spiro atoms. The maximum Gasteiger partial charge on any atom is 0.348 e. The molecular formula is C17H16N4O5. The molecule has 134 valence electrons. The molecule has 1 atom stereocenters. The van der Waals surface area contributed by atoms with Crippen molar-refractivity contribution in [2.45, 2.75) is 6.04 Å². The highest BCUT2D eigenvalue weighted by molar-refractivity contribution is 5.97. The van der Waals surface area contributed by atoms with Crippen LogP contribution in [0.4, 0.5) is 9.59 Å². The smallest absolute Gasteiger partial charge is 0.348 e. The van der Waals surface area contributed by atoms with Gasteiger partial charge in [-0.05, 0) is 11.6 Å². The molecule has 2 heterocycles. The number of furan rings is 1. The lowest BCUT2D eigenvalue weighted by Crippen LogP contribution is -2.45. The van der Waals surface area contributed by atoms with Gasteiger partial charge in [0.15, 0.2) is 6.04 Å². The Hall–Kier alpha value is -3.62. The fourth-order valence-electron chi connectivity index (χ4n) is 2.44. The van der Waals surface area contributed by atoms with Gasteiger partial charge in [0.25, 0.3) is 0 Å². The van der Waals surface area contributed by atoms with Crippen molar-refractivity contribution in [1.82, 2.24) is 15.2 Å². The van der Waals surface area contributed by atoms with Crippen LogP contribution >= 0.6 is 0 Å². The molecule has 0 bridgehead atoms. The van der Waals surface area contributed by atoms with Crippen LogP contribution in [-0.4, -0.2) is 52.4 Å². The first kappa shape index (κ1) is 17.2. The first-order chi connectivity index (χ1) is 12.6. The maximum atomic E-state index is 12.4. The fraction of sp³-hybridized carbons (Fsp3) is 0.176. The van der Waals surface area contributed by atoms with Crippen molar-refractivity contribution in [2.75, 3.05) is 13.1 Å². The van der Waals surface area contributed by atoms with Gasteiger partial charge in [-0.15, -0.1) is 0 Å². The second-order valence-corrected chi connectivity index (χ2v) is 5.49. The van der Waals surface area contributed by atoms with Crippen molar-refractivity contribution in [2.24, 2.45) is 5.10 Å². The number of carboxylic acid groups (broad SMARTS) is 1. The summed E-state index contributed by atoms with van der Waals surface area (Å²) in [7, 11) is 0. The monoisotopic (exact) mass is 356 g/mol. The summed E-state index contributed by atoms with van der Waals surface area (Å²) in [5.74, 6) is -1.22. The number of rotatable bonds is 5. The molecule has 2 aromatic rings. The number of aliphatic carboxylic acids is 1. The van der Waals surface area contributed by atoms with Gasteiger partial charge in [0, 0.05) is 5.56 Å². The van der Waals surface area contributed by atoms with Gasteiger partial charge in [0.1, 0.15) is 0 Å². The van der Waals surface area contributed by atoms with E-state index in [1.54, 1.807) is 36.4 Å². The lowest BCUT2D eigenvalue weighted by atomic mass is 10.1. The largest absolute Gasteiger partial charge is 0.479 e. The minimum atomic E-state index is -1.25. The second kappa shape index (κ2) is 7.51. The Balaban J connectivity index is 1.66. The standard InChI is InChI=1S/C17H16N4O5/c22-15(23)14(13-4-2-1-3-5-13)19-16(24)20-7-8-21(17(20)25)18-10-12-6-9-26-11-12/h1-6,9-11,14H,7-8H2,(H,19,24)(H,22,23). The van der Waals surface area contributed by atoms with Crippen LogP contribution in [0.2, 0.25) is 0 Å². The van der Waals surface area contributed by atoms with Crippen LogP contribution in [0, 0.1) is 0 Å².